The van der Waals surface area contributed by atoms with Crippen LogP contribution in [0.2, 0.25) is 0 Å². The highest BCUT2D eigenvalue weighted by Crippen LogP contribution is 2.03. The molecule has 90 valence electrons. The first-order valence-electron chi connectivity index (χ1n) is 6.21. The van der Waals surface area contributed by atoms with Gasteiger partial charge in [-0.3, -0.25) is 0 Å². The van der Waals surface area contributed by atoms with Crippen LogP contribution in [0.1, 0.15) is 31.7 Å². The van der Waals surface area contributed by atoms with Gasteiger partial charge in [0.1, 0.15) is 0 Å². The first kappa shape index (κ1) is 13.2. The third kappa shape index (κ3) is 5.89. The van der Waals surface area contributed by atoms with Gasteiger partial charge in [-0.15, -0.1) is 0 Å². The number of nitrogens with one attached hydrogen (secondary N) is 1. The van der Waals surface area contributed by atoms with Gasteiger partial charge in [0, 0.05) is 12.6 Å². The molecule has 0 aliphatic rings. The molecule has 1 unspecified atom stereocenters. The van der Waals surface area contributed by atoms with E-state index in [1.807, 2.05) is 0 Å². The maximum atomic E-state index is 8.65. The normalized spacial score (nSPS) is 12.6. The van der Waals surface area contributed by atoms with Crippen LogP contribution in [0.25, 0.3) is 0 Å². The minimum Gasteiger partial charge on any atom is -0.396 e. The number of rotatable bonds is 8. The molecule has 2 nitrogen and oxygen atoms in total. The molecule has 1 aromatic carbocycles. The Morgan fingerprint density at radius 2 is 1.88 bits per heavy atom. The summed E-state index contributed by atoms with van der Waals surface area (Å²) < 4.78 is 0. The minimum absolute atomic E-state index is 0.319. The van der Waals surface area contributed by atoms with Gasteiger partial charge in [-0.05, 0) is 44.7 Å². The Kier molecular flexibility index (Phi) is 6.86. The Morgan fingerprint density at radius 1 is 1.12 bits per heavy atom. The van der Waals surface area contributed by atoms with Gasteiger partial charge in [-0.2, -0.15) is 0 Å². The molecule has 0 saturated carbocycles. The number of aliphatic hydroxyl groups excluding tert-OH is 1. The van der Waals surface area contributed by atoms with Gasteiger partial charge in [0.2, 0.25) is 0 Å². The van der Waals surface area contributed by atoms with Crippen molar-refractivity contribution in [3.63, 3.8) is 0 Å². The summed E-state index contributed by atoms with van der Waals surface area (Å²) in [7, 11) is 0. The summed E-state index contributed by atoms with van der Waals surface area (Å²) in [5, 5.41) is 12.2. The third-order valence-corrected chi connectivity index (χ3v) is 2.71. The number of unbranched alkanes of at least 4 members (excludes halogenated alkanes) is 2. The molecule has 0 bridgehead atoms. The molecule has 1 rings (SSSR count). The van der Waals surface area contributed by atoms with Crippen molar-refractivity contribution in [1.29, 1.82) is 0 Å². The number of hydrogen-bond acceptors (Lipinski definition) is 2. The van der Waals surface area contributed by atoms with E-state index < -0.39 is 0 Å². The van der Waals surface area contributed by atoms with E-state index in [0.717, 1.165) is 32.2 Å². The molecule has 0 amide bonds. The summed E-state index contributed by atoms with van der Waals surface area (Å²) in [6.45, 7) is 3.59. The van der Waals surface area contributed by atoms with E-state index in [1.54, 1.807) is 0 Å². The average molecular weight is 221 g/mol. The average Bonchev–Trinajstić information content (AvgIpc) is 2.30. The Morgan fingerprint density at radius 3 is 2.56 bits per heavy atom. The maximum absolute atomic E-state index is 8.65. The molecule has 0 aliphatic carbocycles. The van der Waals surface area contributed by atoms with E-state index in [-0.39, 0.29) is 0 Å². The summed E-state index contributed by atoms with van der Waals surface area (Å²) in [5.74, 6) is 0. The monoisotopic (exact) mass is 221 g/mol. The third-order valence-electron chi connectivity index (χ3n) is 2.71. The van der Waals surface area contributed by atoms with Crippen molar-refractivity contribution < 1.29 is 5.11 Å². The number of benzene rings is 1. The maximum Gasteiger partial charge on any atom is 0.0431 e. The van der Waals surface area contributed by atoms with Crippen LogP contribution in [0, 0.1) is 0 Å². The molecule has 0 radical (unpaired) electrons. The van der Waals surface area contributed by atoms with Gasteiger partial charge in [0.05, 0.1) is 0 Å². The minimum atomic E-state index is 0.319. The van der Waals surface area contributed by atoms with E-state index in [4.69, 9.17) is 5.11 Å². The van der Waals surface area contributed by atoms with Crippen molar-refractivity contribution in [2.24, 2.45) is 0 Å². The zero-order valence-corrected chi connectivity index (χ0v) is 10.2. The Labute approximate surface area is 98.7 Å². The topological polar surface area (TPSA) is 32.3 Å². The zero-order valence-electron chi connectivity index (χ0n) is 10.2. The highest BCUT2D eigenvalue weighted by molar-refractivity contribution is 5.15. The van der Waals surface area contributed by atoms with Gasteiger partial charge in [0.15, 0.2) is 0 Å². The predicted molar refractivity (Wildman–Crippen MR) is 68.5 cm³/mol. The van der Waals surface area contributed by atoms with Crippen molar-refractivity contribution in [3.8, 4) is 0 Å². The summed E-state index contributed by atoms with van der Waals surface area (Å²) in [6.07, 6.45) is 4.27. The quantitative estimate of drug-likeness (QED) is 0.661. The lowest BCUT2D eigenvalue weighted by Crippen LogP contribution is -2.28. The standard InChI is InChI=1S/C14H23NO/c1-13(15-10-6-3-7-11-16)12-14-8-4-2-5-9-14/h2,4-5,8-9,13,15-16H,3,6-7,10-12H2,1H3. The second kappa shape index (κ2) is 8.31. The lowest BCUT2D eigenvalue weighted by atomic mass is 10.1. The molecule has 0 fully saturated rings. The molecule has 1 aromatic rings. The van der Waals surface area contributed by atoms with Crippen LogP contribution in [0.3, 0.4) is 0 Å². The van der Waals surface area contributed by atoms with Crippen LogP contribution in [-0.4, -0.2) is 24.3 Å². The molecule has 0 aliphatic heterocycles. The van der Waals surface area contributed by atoms with Crippen LogP contribution in [0.15, 0.2) is 30.3 Å². The van der Waals surface area contributed by atoms with E-state index in [9.17, 15) is 0 Å². The van der Waals surface area contributed by atoms with E-state index in [0.29, 0.717) is 12.6 Å². The predicted octanol–water partition coefficient (Wildman–Crippen LogP) is 2.37. The number of aliphatic hydroxyl groups is 1. The molecule has 0 heterocycles. The Balaban J connectivity index is 2.09. The fraction of sp³-hybridized carbons (Fsp3) is 0.571. The summed E-state index contributed by atoms with van der Waals surface area (Å²) in [6, 6.07) is 11.1. The molecule has 0 aromatic heterocycles. The van der Waals surface area contributed by atoms with Crippen molar-refractivity contribution in [3.05, 3.63) is 35.9 Å². The molecule has 16 heavy (non-hydrogen) atoms. The van der Waals surface area contributed by atoms with Gasteiger partial charge in [0.25, 0.3) is 0 Å². The highest BCUT2D eigenvalue weighted by Gasteiger charge is 2.01. The van der Waals surface area contributed by atoms with Crippen LogP contribution >= 0.6 is 0 Å². The molecule has 0 spiro atoms. The second-order valence-corrected chi connectivity index (χ2v) is 4.33. The lowest BCUT2D eigenvalue weighted by Gasteiger charge is -2.13. The first-order valence-corrected chi connectivity index (χ1v) is 6.21. The largest absolute Gasteiger partial charge is 0.396 e. The SMILES string of the molecule is CC(Cc1ccccc1)NCCCCCO. The lowest BCUT2D eigenvalue weighted by molar-refractivity contribution is 0.282. The first-order chi connectivity index (χ1) is 7.83. The molecule has 2 N–H and O–H groups in total. The van der Waals surface area contributed by atoms with E-state index in [2.05, 4.69) is 42.6 Å². The van der Waals surface area contributed by atoms with E-state index >= 15 is 0 Å². The van der Waals surface area contributed by atoms with Crippen LogP contribution in [-0.2, 0) is 6.42 Å². The van der Waals surface area contributed by atoms with Gasteiger partial charge < -0.3 is 10.4 Å². The van der Waals surface area contributed by atoms with E-state index in [1.165, 1.54) is 5.56 Å². The number of hydrogen-bond donors (Lipinski definition) is 2. The Bertz CT molecular complexity index is 261. The second-order valence-electron chi connectivity index (χ2n) is 4.33. The fourth-order valence-corrected chi connectivity index (χ4v) is 1.80. The molecular formula is C14H23NO. The highest BCUT2D eigenvalue weighted by atomic mass is 16.2. The Hall–Kier alpha value is -0.860. The molecular weight excluding hydrogens is 198 g/mol. The molecule has 2 heteroatoms. The van der Waals surface area contributed by atoms with Crippen molar-refractivity contribution in [2.45, 2.75) is 38.6 Å². The fourth-order valence-electron chi connectivity index (χ4n) is 1.80. The van der Waals surface area contributed by atoms with Gasteiger partial charge in [-0.1, -0.05) is 30.3 Å². The molecule has 0 saturated heterocycles. The van der Waals surface area contributed by atoms with Crippen molar-refractivity contribution >= 4 is 0 Å². The summed E-state index contributed by atoms with van der Waals surface area (Å²) >= 11 is 0. The summed E-state index contributed by atoms with van der Waals surface area (Å²) in [4.78, 5) is 0. The van der Waals surface area contributed by atoms with Crippen LogP contribution < -0.4 is 5.32 Å². The smallest absolute Gasteiger partial charge is 0.0431 e. The zero-order chi connectivity index (χ0) is 11.6. The van der Waals surface area contributed by atoms with Crippen molar-refractivity contribution in [1.82, 2.24) is 5.32 Å². The summed E-state index contributed by atoms with van der Waals surface area (Å²) in [5.41, 5.74) is 1.39. The van der Waals surface area contributed by atoms with Gasteiger partial charge >= 0.3 is 0 Å². The van der Waals surface area contributed by atoms with Crippen LogP contribution in [0.5, 0.6) is 0 Å². The van der Waals surface area contributed by atoms with Crippen molar-refractivity contribution in [2.75, 3.05) is 13.2 Å². The molecule has 1 atom stereocenters. The van der Waals surface area contributed by atoms with Gasteiger partial charge in [-0.25, -0.2) is 0 Å². The van der Waals surface area contributed by atoms with Crippen LogP contribution in [0.4, 0.5) is 0 Å².